The highest BCUT2D eigenvalue weighted by atomic mass is 19.4. The van der Waals surface area contributed by atoms with Crippen LogP contribution in [0.1, 0.15) is 52.0 Å². The zero-order chi connectivity index (χ0) is 26.6. The van der Waals surface area contributed by atoms with Crippen LogP contribution in [0.15, 0.2) is 73.1 Å². The molecule has 37 heavy (non-hydrogen) atoms. The molecular weight excluding hydrogens is 475 g/mol. The molecule has 0 aliphatic rings. The Labute approximate surface area is 213 Å². The molecule has 4 nitrogen and oxygen atoms in total. The number of amides is 1. The van der Waals surface area contributed by atoms with Gasteiger partial charge in [-0.1, -0.05) is 62.1 Å². The van der Waals surface area contributed by atoms with Crippen molar-refractivity contribution in [3.05, 3.63) is 106 Å². The number of halogens is 3. The third-order valence-corrected chi connectivity index (χ3v) is 5.87. The summed E-state index contributed by atoms with van der Waals surface area (Å²) in [5, 5.41) is 7.54. The quantitative estimate of drug-likeness (QED) is 0.299. The van der Waals surface area contributed by atoms with Gasteiger partial charge in [-0.3, -0.25) is 9.78 Å². The van der Waals surface area contributed by atoms with Crippen LogP contribution in [0.5, 0.6) is 0 Å². The lowest BCUT2D eigenvalue weighted by molar-refractivity contribution is -0.138. The minimum atomic E-state index is -4.54. The highest BCUT2D eigenvalue weighted by Gasteiger charge is 2.33. The molecule has 0 aliphatic heterocycles. The van der Waals surface area contributed by atoms with Crippen molar-refractivity contribution in [1.29, 1.82) is 0 Å². The van der Waals surface area contributed by atoms with Crippen LogP contribution in [0.3, 0.4) is 0 Å². The van der Waals surface area contributed by atoms with Gasteiger partial charge in [-0.25, -0.2) is 0 Å². The lowest BCUT2D eigenvalue weighted by atomic mass is 10.0. The number of nitrogens with zero attached hydrogens (tertiary/aromatic N) is 1. The molecule has 0 spiro atoms. The van der Waals surface area contributed by atoms with Gasteiger partial charge in [0.25, 0.3) is 5.91 Å². The van der Waals surface area contributed by atoms with Crippen LogP contribution in [0.2, 0.25) is 0 Å². The van der Waals surface area contributed by atoms with E-state index in [0.29, 0.717) is 11.1 Å². The molecule has 0 fully saturated rings. The predicted octanol–water partition coefficient (Wildman–Crippen LogP) is 6.71. The maximum atomic E-state index is 13.7. The molecule has 4 rings (SSSR count). The Hall–Kier alpha value is -4.15. The van der Waals surface area contributed by atoms with Gasteiger partial charge < -0.3 is 10.6 Å². The number of carbonyl (C=O) groups is 1. The second-order valence-electron chi connectivity index (χ2n) is 9.05. The Morgan fingerprint density at radius 3 is 2.49 bits per heavy atom. The van der Waals surface area contributed by atoms with Gasteiger partial charge in [0.1, 0.15) is 0 Å². The van der Waals surface area contributed by atoms with Gasteiger partial charge in [0.2, 0.25) is 0 Å². The van der Waals surface area contributed by atoms with Crippen molar-refractivity contribution in [3.63, 3.8) is 0 Å². The third-order valence-electron chi connectivity index (χ3n) is 5.87. The lowest BCUT2D eigenvalue weighted by Gasteiger charge is -2.17. The van der Waals surface area contributed by atoms with E-state index >= 15 is 0 Å². The standard InChI is InChI=1S/C30H26F3N3O/c1-19(2)35-18-25-12-13-26(15-28(25)30(31,32)33)36-29(37)22-9-8-20(3)21(14-22)10-11-24-17-34-16-23-6-4-5-7-27(23)24/h4-9,12-17,19,35H,18H2,1-3H3,(H,36,37). The van der Waals surface area contributed by atoms with Crippen LogP contribution < -0.4 is 10.6 Å². The average molecular weight is 502 g/mol. The number of aromatic nitrogens is 1. The first-order chi connectivity index (χ1) is 17.6. The van der Waals surface area contributed by atoms with E-state index in [0.717, 1.165) is 28.0 Å². The first-order valence-electron chi connectivity index (χ1n) is 11.8. The number of nitrogens with one attached hydrogen (secondary N) is 2. The number of pyridine rings is 1. The molecule has 1 heterocycles. The summed E-state index contributed by atoms with van der Waals surface area (Å²) >= 11 is 0. The molecule has 3 aromatic carbocycles. The van der Waals surface area contributed by atoms with Crippen molar-refractivity contribution in [2.45, 2.75) is 39.5 Å². The highest BCUT2D eigenvalue weighted by molar-refractivity contribution is 6.04. The zero-order valence-electron chi connectivity index (χ0n) is 20.7. The molecule has 0 unspecified atom stereocenters. The van der Waals surface area contributed by atoms with Gasteiger partial charge in [-0.05, 0) is 42.3 Å². The highest BCUT2D eigenvalue weighted by Crippen LogP contribution is 2.34. The average Bonchev–Trinajstić information content (AvgIpc) is 2.86. The molecule has 0 saturated carbocycles. The lowest BCUT2D eigenvalue weighted by Crippen LogP contribution is -2.24. The van der Waals surface area contributed by atoms with E-state index in [1.54, 1.807) is 30.6 Å². The van der Waals surface area contributed by atoms with Crippen LogP contribution in [-0.2, 0) is 12.7 Å². The Bertz CT molecular complexity index is 1510. The number of hydrogen-bond acceptors (Lipinski definition) is 3. The van der Waals surface area contributed by atoms with E-state index in [1.165, 1.54) is 12.1 Å². The number of hydrogen-bond donors (Lipinski definition) is 2. The predicted molar refractivity (Wildman–Crippen MR) is 140 cm³/mol. The van der Waals surface area contributed by atoms with Crippen LogP contribution in [0.4, 0.5) is 18.9 Å². The number of aryl methyl sites for hydroxylation is 1. The molecule has 0 saturated heterocycles. The van der Waals surface area contributed by atoms with Crippen molar-refractivity contribution in [2.75, 3.05) is 5.32 Å². The van der Waals surface area contributed by atoms with Crippen LogP contribution >= 0.6 is 0 Å². The maximum Gasteiger partial charge on any atom is 0.416 e. The van der Waals surface area contributed by atoms with E-state index in [4.69, 9.17) is 0 Å². The fourth-order valence-corrected chi connectivity index (χ4v) is 3.84. The number of carbonyl (C=O) groups excluding carboxylic acids is 1. The molecule has 0 bridgehead atoms. The number of alkyl halides is 3. The summed E-state index contributed by atoms with van der Waals surface area (Å²) in [5.74, 6) is 5.73. The summed E-state index contributed by atoms with van der Waals surface area (Å²) in [7, 11) is 0. The molecule has 188 valence electrons. The Morgan fingerprint density at radius 1 is 0.973 bits per heavy atom. The van der Waals surface area contributed by atoms with E-state index in [2.05, 4.69) is 27.5 Å². The van der Waals surface area contributed by atoms with Crippen molar-refractivity contribution >= 4 is 22.4 Å². The van der Waals surface area contributed by atoms with Crippen LogP contribution in [-0.4, -0.2) is 16.9 Å². The minimum absolute atomic E-state index is 0.0381. The van der Waals surface area contributed by atoms with Crippen molar-refractivity contribution in [2.24, 2.45) is 0 Å². The zero-order valence-corrected chi connectivity index (χ0v) is 20.7. The van der Waals surface area contributed by atoms with Gasteiger partial charge in [0.15, 0.2) is 0 Å². The maximum absolute atomic E-state index is 13.7. The molecule has 0 aliphatic carbocycles. The van der Waals surface area contributed by atoms with Gasteiger partial charge in [0.05, 0.1) is 11.1 Å². The second kappa shape index (κ2) is 10.9. The smallest absolute Gasteiger partial charge is 0.322 e. The number of anilines is 1. The topological polar surface area (TPSA) is 54.0 Å². The normalized spacial score (nSPS) is 11.3. The molecular formula is C30H26F3N3O. The summed E-state index contributed by atoms with van der Waals surface area (Å²) in [6, 6.07) is 16.7. The van der Waals surface area contributed by atoms with Crippen molar-refractivity contribution < 1.29 is 18.0 Å². The second-order valence-corrected chi connectivity index (χ2v) is 9.05. The van der Waals surface area contributed by atoms with Crippen molar-refractivity contribution in [1.82, 2.24) is 10.3 Å². The fourth-order valence-electron chi connectivity index (χ4n) is 3.84. The SMILES string of the molecule is Cc1ccc(C(=O)Nc2ccc(CNC(C)C)c(C(F)(F)F)c2)cc1C#Cc1cncc2ccccc12. The summed E-state index contributed by atoms with van der Waals surface area (Å²) in [6.45, 7) is 5.68. The van der Waals surface area contributed by atoms with Crippen LogP contribution in [0.25, 0.3) is 10.8 Å². The summed E-state index contributed by atoms with van der Waals surface area (Å²) in [4.78, 5) is 17.2. The summed E-state index contributed by atoms with van der Waals surface area (Å²) in [6.07, 6.45) is -1.08. The van der Waals surface area contributed by atoms with Crippen molar-refractivity contribution in [3.8, 4) is 11.8 Å². The first-order valence-corrected chi connectivity index (χ1v) is 11.8. The fraction of sp³-hybridized carbons (Fsp3) is 0.200. The molecule has 2 N–H and O–H groups in total. The van der Waals surface area contributed by atoms with E-state index in [9.17, 15) is 18.0 Å². The van der Waals surface area contributed by atoms with E-state index < -0.39 is 17.6 Å². The van der Waals surface area contributed by atoms with Gasteiger partial charge in [-0.2, -0.15) is 13.2 Å². The molecule has 4 aromatic rings. The monoisotopic (exact) mass is 501 g/mol. The molecule has 1 amide bonds. The summed E-state index contributed by atoms with van der Waals surface area (Å²) in [5.41, 5.74) is 1.99. The molecule has 7 heteroatoms. The number of benzene rings is 3. The van der Waals surface area contributed by atoms with Gasteiger partial charge in [0, 0.05) is 52.6 Å². The number of rotatable bonds is 5. The van der Waals surface area contributed by atoms with Crippen LogP contribution in [0, 0.1) is 18.8 Å². The van der Waals surface area contributed by atoms with Gasteiger partial charge in [-0.15, -0.1) is 0 Å². The number of fused-ring (bicyclic) bond motifs is 1. The van der Waals surface area contributed by atoms with E-state index in [-0.39, 0.29) is 23.8 Å². The largest absolute Gasteiger partial charge is 0.416 e. The molecule has 0 atom stereocenters. The molecule has 1 aromatic heterocycles. The molecule has 0 radical (unpaired) electrons. The Morgan fingerprint density at radius 2 is 1.73 bits per heavy atom. The third kappa shape index (κ3) is 6.35. The Kier molecular flexibility index (Phi) is 7.61. The van der Waals surface area contributed by atoms with Gasteiger partial charge >= 0.3 is 6.18 Å². The minimum Gasteiger partial charge on any atom is -0.322 e. The Balaban J connectivity index is 1.59. The van der Waals surface area contributed by atoms with E-state index in [1.807, 2.05) is 45.0 Å². The first kappa shape index (κ1) is 25.9. The summed E-state index contributed by atoms with van der Waals surface area (Å²) < 4.78 is 41.0.